The quantitative estimate of drug-likeness (QED) is 0.748. The number of ketones is 1. The maximum Gasteiger partial charge on any atom is 0.131 e. The van der Waals surface area contributed by atoms with E-state index in [0.29, 0.717) is 6.42 Å². The minimum absolute atomic E-state index is 0.240. The second-order valence-electron chi connectivity index (χ2n) is 3.97. The maximum atomic E-state index is 10.9. The van der Waals surface area contributed by atoms with Gasteiger partial charge in [-0.25, -0.2) is 0 Å². The second kappa shape index (κ2) is 3.89. The highest BCUT2D eigenvalue weighted by Gasteiger charge is 2.03. The third-order valence-electron chi connectivity index (χ3n) is 2.74. The van der Waals surface area contributed by atoms with Crippen LogP contribution in [0.2, 0.25) is 0 Å². The smallest absolute Gasteiger partial charge is 0.131 e. The fourth-order valence-electron chi connectivity index (χ4n) is 1.85. The number of hydrogen-bond donors (Lipinski definition) is 0. The fraction of sp³-hybridized carbons (Fsp3) is 0.308. The Morgan fingerprint density at radius 2 is 2.13 bits per heavy atom. The predicted molar refractivity (Wildman–Crippen MR) is 62.0 cm³/mol. The van der Waals surface area contributed by atoms with Crippen LogP contribution in [0.25, 0.3) is 10.9 Å². The second-order valence-corrected chi connectivity index (χ2v) is 3.97. The molecule has 2 heteroatoms. The van der Waals surface area contributed by atoms with Gasteiger partial charge in [0.25, 0.3) is 0 Å². The fourth-order valence-corrected chi connectivity index (χ4v) is 1.85. The average Bonchev–Trinajstić information content (AvgIpc) is 2.59. The first-order valence-corrected chi connectivity index (χ1v) is 5.22. The molecule has 0 aliphatic rings. The number of carbonyl (C=O) groups is 1. The third kappa shape index (κ3) is 1.94. The zero-order valence-electron chi connectivity index (χ0n) is 9.16. The first-order chi connectivity index (χ1) is 7.18. The van der Waals surface area contributed by atoms with E-state index in [1.165, 1.54) is 16.5 Å². The van der Waals surface area contributed by atoms with Gasteiger partial charge in [-0.15, -0.1) is 0 Å². The van der Waals surface area contributed by atoms with E-state index in [2.05, 4.69) is 42.0 Å². The van der Waals surface area contributed by atoms with Crippen molar-refractivity contribution < 1.29 is 4.79 Å². The van der Waals surface area contributed by atoms with Crippen molar-refractivity contribution in [3.05, 3.63) is 36.0 Å². The summed E-state index contributed by atoms with van der Waals surface area (Å²) in [5.41, 5.74) is 2.50. The molecule has 0 radical (unpaired) electrons. The number of Topliss-reactive ketones (excluding diaryl/α,β-unsaturated/α-hetero) is 1. The minimum atomic E-state index is 0.240. The van der Waals surface area contributed by atoms with Crippen LogP contribution < -0.4 is 0 Å². The monoisotopic (exact) mass is 201 g/mol. The SMILES string of the molecule is CC(=O)CCn1ccc2c(C)cccc21. The number of carbonyl (C=O) groups excluding carboxylic acids is 1. The Bertz CT molecular complexity index is 496. The molecule has 2 aromatic rings. The summed E-state index contributed by atoms with van der Waals surface area (Å²) in [6.07, 6.45) is 2.67. The molecule has 1 heterocycles. The summed E-state index contributed by atoms with van der Waals surface area (Å²) in [5.74, 6) is 0.240. The molecule has 0 aliphatic heterocycles. The van der Waals surface area contributed by atoms with Crippen molar-refractivity contribution in [1.82, 2.24) is 4.57 Å². The molecule has 15 heavy (non-hydrogen) atoms. The Morgan fingerprint density at radius 1 is 1.33 bits per heavy atom. The molecule has 0 N–H and O–H groups in total. The van der Waals surface area contributed by atoms with Crippen molar-refractivity contribution in [2.24, 2.45) is 0 Å². The summed E-state index contributed by atoms with van der Waals surface area (Å²) >= 11 is 0. The Hall–Kier alpha value is -1.57. The molecular weight excluding hydrogens is 186 g/mol. The number of hydrogen-bond acceptors (Lipinski definition) is 1. The molecule has 1 aromatic carbocycles. The zero-order valence-corrected chi connectivity index (χ0v) is 9.16. The van der Waals surface area contributed by atoms with Gasteiger partial charge in [0.1, 0.15) is 5.78 Å². The van der Waals surface area contributed by atoms with E-state index in [-0.39, 0.29) is 5.78 Å². The van der Waals surface area contributed by atoms with Crippen LogP contribution in [0.1, 0.15) is 18.9 Å². The van der Waals surface area contributed by atoms with Crippen LogP contribution in [-0.2, 0) is 11.3 Å². The van der Waals surface area contributed by atoms with Crippen molar-refractivity contribution in [3.8, 4) is 0 Å². The molecule has 2 rings (SSSR count). The van der Waals surface area contributed by atoms with Gasteiger partial charge in [-0.1, -0.05) is 12.1 Å². The van der Waals surface area contributed by atoms with Crippen LogP contribution >= 0.6 is 0 Å². The van der Waals surface area contributed by atoms with Gasteiger partial charge < -0.3 is 4.57 Å². The van der Waals surface area contributed by atoms with Crippen LogP contribution in [0, 0.1) is 6.92 Å². The number of aromatic nitrogens is 1. The normalized spacial score (nSPS) is 10.8. The molecule has 0 unspecified atom stereocenters. The van der Waals surface area contributed by atoms with E-state index in [1.54, 1.807) is 6.92 Å². The molecule has 0 atom stereocenters. The van der Waals surface area contributed by atoms with Gasteiger partial charge in [0.15, 0.2) is 0 Å². The van der Waals surface area contributed by atoms with E-state index in [9.17, 15) is 4.79 Å². The van der Waals surface area contributed by atoms with Crippen LogP contribution in [0.4, 0.5) is 0 Å². The van der Waals surface area contributed by atoms with Crippen LogP contribution in [0.15, 0.2) is 30.5 Å². The lowest BCUT2D eigenvalue weighted by molar-refractivity contribution is -0.117. The van der Waals surface area contributed by atoms with E-state index < -0.39 is 0 Å². The molecule has 0 spiro atoms. The van der Waals surface area contributed by atoms with E-state index >= 15 is 0 Å². The van der Waals surface area contributed by atoms with Crippen LogP contribution in [0.5, 0.6) is 0 Å². The largest absolute Gasteiger partial charge is 0.347 e. The lowest BCUT2D eigenvalue weighted by atomic mass is 10.1. The summed E-state index contributed by atoms with van der Waals surface area (Å²) < 4.78 is 2.14. The van der Waals surface area contributed by atoms with Crippen molar-refractivity contribution in [1.29, 1.82) is 0 Å². The lowest BCUT2D eigenvalue weighted by Crippen LogP contribution is -2.00. The molecule has 0 saturated heterocycles. The highest BCUT2D eigenvalue weighted by Crippen LogP contribution is 2.19. The summed E-state index contributed by atoms with van der Waals surface area (Å²) in [7, 11) is 0. The molecule has 0 fully saturated rings. The third-order valence-corrected chi connectivity index (χ3v) is 2.74. The Labute approximate surface area is 89.5 Å². The van der Waals surface area contributed by atoms with E-state index in [1.807, 2.05) is 0 Å². The Kier molecular flexibility index (Phi) is 2.58. The average molecular weight is 201 g/mol. The van der Waals surface area contributed by atoms with E-state index in [0.717, 1.165) is 6.54 Å². The summed E-state index contributed by atoms with van der Waals surface area (Å²) in [4.78, 5) is 10.9. The lowest BCUT2D eigenvalue weighted by Gasteiger charge is -2.03. The van der Waals surface area contributed by atoms with Gasteiger partial charge >= 0.3 is 0 Å². The first kappa shape index (κ1) is 9.97. The van der Waals surface area contributed by atoms with Crippen molar-refractivity contribution in [3.63, 3.8) is 0 Å². The highest BCUT2D eigenvalue weighted by molar-refractivity contribution is 5.83. The number of rotatable bonds is 3. The standard InChI is InChI=1S/C13H15NO/c1-10-4-3-5-13-12(10)7-9-14(13)8-6-11(2)15/h3-5,7,9H,6,8H2,1-2H3. The van der Waals surface area contributed by atoms with Gasteiger partial charge in [-0.3, -0.25) is 4.79 Å². The highest BCUT2D eigenvalue weighted by atomic mass is 16.1. The molecule has 0 aliphatic carbocycles. The zero-order chi connectivity index (χ0) is 10.8. The molecule has 0 saturated carbocycles. The number of aryl methyl sites for hydroxylation is 2. The molecule has 0 amide bonds. The maximum absolute atomic E-state index is 10.9. The van der Waals surface area contributed by atoms with E-state index in [4.69, 9.17) is 0 Å². The summed E-state index contributed by atoms with van der Waals surface area (Å²) in [6, 6.07) is 8.38. The summed E-state index contributed by atoms with van der Waals surface area (Å²) in [6.45, 7) is 4.52. The molecule has 0 bridgehead atoms. The van der Waals surface area contributed by atoms with Gasteiger partial charge in [0.2, 0.25) is 0 Å². The van der Waals surface area contributed by atoms with Crippen LogP contribution in [-0.4, -0.2) is 10.4 Å². The predicted octanol–water partition coefficient (Wildman–Crippen LogP) is 2.93. The molecule has 78 valence electrons. The Balaban J connectivity index is 2.37. The van der Waals surface area contributed by atoms with Crippen molar-refractivity contribution in [2.45, 2.75) is 26.8 Å². The van der Waals surface area contributed by atoms with Gasteiger partial charge in [-0.2, -0.15) is 0 Å². The number of fused-ring (bicyclic) bond motifs is 1. The number of benzene rings is 1. The van der Waals surface area contributed by atoms with Gasteiger partial charge in [0.05, 0.1) is 0 Å². The van der Waals surface area contributed by atoms with Gasteiger partial charge in [0, 0.05) is 30.1 Å². The van der Waals surface area contributed by atoms with Crippen molar-refractivity contribution in [2.75, 3.05) is 0 Å². The molecule has 1 aromatic heterocycles. The Morgan fingerprint density at radius 3 is 2.87 bits per heavy atom. The van der Waals surface area contributed by atoms with Crippen LogP contribution in [0.3, 0.4) is 0 Å². The topological polar surface area (TPSA) is 22.0 Å². The molecule has 2 nitrogen and oxygen atoms in total. The summed E-state index contributed by atoms with van der Waals surface area (Å²) in [5, 5.41) is 1.28. The minimum Gasteiger partial charge on any atom is -0.347 e. The van der Waals surface area contributed by atoms with Gasteiger partial charge in [-0.05, 0) is 31.5 Å². The number of nitrogens with zero attached hydrogens (tertiary/aromatic N) is 1. The first-order valence-electron chi connectivity index (χ1n) is 5.22. The van der Waals surface area contributed by atoms with Crippen molar-refractivity contribution >= 4 is 16.7 Å². The molecular formula is C13H15NO.